The fourth-order valence-corrected chi connectivity index (χ4v) is 3.90. The lowest BCUT2D eigenvalue weighted by Crippen LogP contribution is -2.21. The third kappa shape index (κ3) is 4.81. The monoisotopic (exact) mass is 484 g/mol. The molecule has 33 heavy (non-hydrogen) atoms. The lowest BCUT2D eigenvalue weighted by molar-refractivity contribution is -0.116. The van der Waals surface area contributed by atoms with Gasteiger partial charge in [-0.25, -0.2) is 4.68 Å². The second-order valence-corrected chi connectivity index (χ2v) is 8.32. The number of nitrogens with two attached hydrogens (primary N) is 1. The molecule has 4 aromatic rings. The molecule has 0 atom stereocenters. The number of hydrogen-bond acceptors (Lipinski definition) is 8. The fourth-order valence-electron chi connectivity index (χ4n) is 3.15. The number of halogens is 1. The van der Waals surface area contributed by atoms with E-state index in [-0.39, 0.29) is 24.2 Å². The Bertz CT molecular complexity index is 1300. The van der Waals surface area contributed by atoms with Crippen LogP contribution in [0, 0.1) is 6.92 Å². The number of carbonyl (C=O) groups excluding carboxylic acids is 1. The highest BCUT2D eigenvalue weighted by Crippen LogP contribution is 2.35. The van der Waals surface area contributed by atoms with E-state index < -0.39 is 0 Å². The van der Waals surface area contributed by atoms with Crippen LogP contribution in [0.25, 0.3) is 22.8 Å². The Labute approximate surface area is 199 Å². The number of rotatable bonds is 7. The molecule has 170 valence electrons. The van der Waals surface area contributed by atoms with Crippen LogP contribution in [0.1, 0.15) is 5.56 Å². The lowest BCUT2D eigenvalue weighted by Gasteiger charge is -2.09. The van der Waals surface area contributed by atoms with Gasteiger partial charge in [-0.15, -0.1) is 11.8 Å². The summed E-state index contributed by atoms with van der Waals surface area (Å²) in [7, 11) is 1.60. The number of amides is 1. The summed E-state index contributed by atoms with van der Waals surface area (Å²) in [4.78, 5) is 17.1. The number of ether oxygens (including phenoxy) is 1. The Kier molecular flexibility index (Phi) is 6.57. The number of thioether (sulfide) groups is 1. The van der Waals surface area contributed by atoms with Crippen molar-refractivity contribution in [3.05, 3.63) is 53.1 Å². The van der Waals surface area contributed by atoms with Crippen molar-refractivity contribution < 1.29 is 14.1 Å². The standard InChI is InChI=1S/C22H21ClN6O3S/c1-12-4-7-14(23)10-16(12)25-17(30)11-29-19(24)18(22(27-29)33-3)21-26-20(28-32-21)13-5-8-15(31-2)9-6-13/h4-10H,11,24H2,1-3H3,(H,25,30). The predicted octanol–water partition coefficient (Wildman–Crippen LogP) is 4.51. The number of nitrogens with one attached hydrogen (secondary N) is 1. The molecule has 0 fully saturated rings. The summed E-state index contributed by atoms with van der Waals surface area (Å²) < 4.78 is 12.1. The molecule has 3 N–H and O–H groups in total. The third-order valence-corrected chi connectivity index (χ3v) is 5.82. The van der Waals surface area contributed by atoms with E-state index in [1.807, 2.05) is 43.5 Å². The lowest BCUT2D eigenvalue weighted by atomic mass is 10.2. The molecule has 0 aliphatic rings. The number of aryl methyl sites for hydroxylation is 1. The SMILES string of the molecule is COc1ccc(-c2noc(-c3c(SC)nn(CC(=O)Nc4cc(Cl)ccc4C)c3N)n2)cc1. The molecule has 0 unspecified atom stereocenters. The van der Waals surface area contributed by atoms with Crippen LogP contribution < -0.4 is 15.8 Å². The topological polar surface area (TPSA) is 121 Å². The van der Waals surface area contributed by atoms with Crippen LogP contribution in [-0.4, -0.2) is 39.2 Å². The maximum Gasteiger partial charge on any atom is 0.264 e. The smallest absolute Gasteiger partial charge is 0.264 e. The highest BCUT2D eigenvalue weighted by Gasteiger charge is 2.24. The van der Waals surface area contributed by atoms with Gasteiger partial charge in [0.25, 0.3) is 5.89 Å². The molecule has 2 heterocycles. The summed E-state index contributed by atoms with van der Waals surface area (Å²) in [5.74, 6) is 1.31. The van der Waals surface area contributed by atoms with Gasteiger partial charge in [0.2, 0.25) is 11.7 Å². The molecular formula is C22H21ClN6O3S. The quantitative estimate of drug-likeness (QED) is 0.367. The van der Waals surface area contributed by atoms with Crippen LogP contribution >= 0.6 is 23.4 Å². The van der Waals surface area contributed by atoms with Gasteiger partial charge >= 0.3 is 0 Å². The average molecular weight is 485 g/mol. The summed E-state index contributed by atoms with van der Waals surface area (Å²) in [6.45, 7) is 1.79. The molecule has 0 saturated carbocycles. The molecule has 0 radical (unpaired) electrons. The first-order valence-electron chi connectivity index (χ1n) is 9.84. The third-order valence-electron chi connectivity index (χ3n) is 4.91. The van der Waals surface area contributed by atoms with Gasteiger partial charge in [0.05, 0.1) is 7.11 Å². The summed E-state index contributed by atoms with van der Waals surface area (Å²) >= 11 is 7.40. The molecule has 2 aromatic carbocycles. The van der Waals surface area contributed by atoms with E-state index in [0.29, 0.717) is 27.1 Å². The highest BCUT2D eigenvalue weighted by atomic mass is 35.5. The van der Waals surface area contributed by atoms with Crippen LogP contribution in [0.2, 0.25) is 5.02 Å². The summed E-state index contributed by atoms with van der Waals surface area (Å²) in [6.07, 6.45) is 1.85. The van der Waals surface area contributed by atoms with Crippen molar-refractivity contribution in [1.82, 2.24) is 19.9 Å². The Balaban J connectivity index is 1.58. The van der Waals surface area contributed by atoms with Crippen LogP contribution in [0.15, 0.2) is 52.0 Å². The number of benzene rings is 2. The zero-order chi connectivity index (χ0) is 23.5. The van der Waals surface area contributed by atoms with E-state index in [0.717, 1.165) is 16.9 Å². The Morgan fingerprint density at radius 3 is 2.73 bits per heavy atom. The van der Waals surface area contributed by atoms with Gasteiger partial charge in [0.15, 0.2) is 0 Å². The fraction of sp³-hybridized carbons (Fsp3) is 0.182. The molecule has 4 rings (SSSR count). The summed E-state index contributed by atoms with van der Waals surface area (Å²) in [5, 5.41) is 12.5. The zero-order valence-electron chi connectivity index (χ0n) is 18.1. The van der Waals surface area contributed by atoms with Gasteiger partial charge in [-0.3, -0.25) is 4.79 Å². The minimum atomic E-state index is -0.293. The Hall–Kier alpha value is -3.50. The Morgan fingerprint density at radius 2 is 2.03 bits per heavy atom. The summed E-state index contributed by atoms with van der Waals surface area (Å²) in [5.41, 5.74) is 9.11. The number of methoxy groups -OCH3 is 1. The predicted molar refractivity (Wildman–Crippen MR) is 129 cm³/mol. The minimum Gasteiger partial charge on any atom is -0.497 e. The van der Waals surface area contributed by atoms with E-state index in [2.05, 4.69) is 20.6 Å². The van der Waals surface area contributed by atoms with Crippen molar-refractivity contribution >= 4 is 40.8 Å². The maximum absolute atomic E-state index is 12.6. The Morgan fingerprint density at radius 1 is 1.27 bits per heavy atom. The van der Waals surface area contributed by atoms with Crippen LogP contribution in [0.5, 0.6) is 5.75 Å². The molecule has 0 aliphatic heterocycles. The second kappa shape index (κ2) is 9.55. The van der Waals surface area contributed by atoms with Gasteiger partial charge in [-0.1, -0.05) is 22.8 Å². The second-order valence-electron chi connectivity index (χ2n) is 7.09. The van der Waals surface area contributed by atoms with Crippen molar-refractivity contribution in [2.24, 2.45) is 0 Å². The van der Waals surface area contributed by atoms with E-state index in [4.69, 9.17) is 26.6 Å². The number of nitrogens with zero attached hydrogens (tertiary/aromatic N) is 4. The minimum absolute atomic E-state index is 0.0924. The largest absolute Gasteiger partial charge is 0.497 e. The van der Waals surface area contributed by atoms with Gasteiger partial charge < -0.3 is 20.3 Å². The molecular weight excluding hydrogens is 464 g/mol. The van der Waals surface area contributed by atoms with Crippen molar-refractivity contribution in [2.45, 2.75) is 18.5 Å². The van der Waals surface area contributed by atoms with Crippen molar-refractivity contribution in [2.75, 3.05) is 24.4 Å². The van der Waals surface area contributed by atoms with Gasteiger partial charge in [-0.2, -0.15) is 10.1 Å². The first-order chi connectivity index (χ1) is 15.9. The van der Waals surface area contributed by atoms with Crippen LogP contribution in [-0.2, 0) is 11.3 Å². The number of carbonyl (C=O) groups is 1. The van der Waals surface area contributed by atoms with Gasteiger partial charge in [0.1, 0.15) is 28.7 Å². The van der Waals surface area contributed by atoms with E-state index >= 15 is 0 Å². The van der Waals surface area contributed by atoms with E-state index in [1.54, 1.807) is 19.2 Å². The van der Waals surface area contributed by atoms with Crippen LogP contribution in [0.4, 0.5) is 11.5 Å². The molecule has 0 bridgehead atoms. The van der Waals surface area contributed by atoms with E-state index in [9.17, 15) is 4.79 Å². The molecule has 1 amide bonds. The van der Waals surface area contributed by atoms with Crippen molar-refractivity contribution in [3.8, 4) is 28.6 Å². The van der Waals surface area contributed by atoms with Crippen LogP contribution in [0.3, 0.4) is 0 Å². The highest BCUT2D eigenvalue weighted by molar-refractivity contribution is 7.98. The summed E-state index contributed by atoms with van der Waals surface area (Å²) in [6, 6.07) is 12.6. The maximum atomic E-state index is 12.6. The number of aromatic nitrogens is 4. The first kappa shape index (κ1) is 22.7. The molecule has 0 saturated heterocycles. The first-order valence-corrected chi connectivity index (χ1v) is 11.4. The number of nitrogen functional groups attached to an aromatic ring is 1. The van der Waals surface area contributed by atoms with Crippen molar-refractivity contribution in [1.29, 1.82) is 0 Å². The average Bonchev–Trinajstić information content (AvgIpc) is 3.41. The molecule has 9 nitrogen and oxygen atoms in total. The zero-order valence-corrected chi connectivity index (χ0v) is 19.7. The van der Waals surface area contributed by atoms with Gasteiger partial charge in [-0.05, 0) is 55.1 Å². The van der Waals surface area contributed by atoms with Crippen molar-refractivity contribution in [3.63, 3.8) is 0 Å². The van der Waals surface area contributed by atoms with Gasteiger partial charge in [0, 0.05) is 16.3 Å². The molecule has 2 aromatic heterocycles. The molecule has 11 heteroatoms. The number of hydrogen-bond donors (Lipinski definition) is 2. The normalized spacial score (nSPS) is 10.9. The van der Waals surface area contributed by atoms with E-state index in [1.165, 1.54) is 16.4 Å². The molecule has 0 aliphatic carbocycles. The number of anilines is 2. The molecule has 0 spiro atoms.